The van der Waals surface area contributed by atoms with Crippen LogP contribution in [0.1, 0.15) is 25.7 Å². The van der Waals surface area contributed by atoms with Gasteiger partial charge in [0.2, 0.25) is 0 Å². The summed E-state index contributed by atoms with van der Waals surface area (Å²) in [6, 6.07) is 0. The standard InChI is InChI=1S/C6H12N.Li/c1-2-4-6-7-5-3-1;/h5,7H,1-4,6H2;/q-1;+1. The molecule has 0 aliphatic carbocycles. The largest absolute Gasteiger partial charge is 1.00 e. The van der Waals surface area contributed by atoms with Gasteiger partial charge in [-0.25, -0.2) is 0 Å². The molecule has 1 aliphatic rings. The Hall–Kier alpha value is 0.557. The van der Waals surface area contributed by atoms with E-state index in [1.807, 2.05) is 0 Å². The Bertz CT molecular complexity index is 28.1. The topological polar surface area (TPSA) is 12.0 Å². The van der Waals surface area contributed by atoms with Gasteiger partial charge >= 0.3 is 18.9 Å². The monoisotopic (exact) mass is 105 g/mol. The molecule has 1 heterocycles. The van der Waals surface area contributed by atoms with E-state index in [0.29, 0.717) is 0 Å². The molecule has 0 aromatic carbocycles. The zero-order valence-electron chi connectivity index (χ0n) is 5.61. The molecule has 0 bridgehead atoms. The number of nitrogens with one attached hydrogen (secondary N) is 1. The van der Waals surface area contributed by atoms with Crippen molar-refractivity contribution in [1.82, 2.24) is 5.32 Å². The molecule has 0 amide bonds. The van der Waals surface area contributed by atoms with E-state index in [-0.39, 0.29) is 18.9 Å². The van der Waals surface area contributed by atoms with E-state index >= 15 is 0 Å². The van der Waals surface area contributed by atoms with Gasteiger partial charge in [0.15, 0.2) is 0 Å². The van der Waals surface area contributed by atoms with Gasteiger partial charge in [-0.2, -0.15) is 6.42 Å². The molecule has 1 N–H and O–H groups in total. The molecule has 0 radical (unpaired) electrons. The van der Waals surface area contributed by atoms with Gasteiger partial charge in [0.05, 0.1) is 0 Å². The molecule has 0 aromatic rings. The fourth-order valence-electron chi connectivity index (χ4n) is 0.854. The molecule has 1 fully saturated rings. The van der Waals surface area contributed by atoms with Crippen molar-refractivity contribution in [2.75, 3.05) is 6.54 Å². The molecule has 42 valence electrons. The Morgan fingerprint density at radius 3 is 2.88 bits per heavy atom. The molecule has 0 spiro atoms. The van der Waals surface area contributed by atoms with Crippen molar-refractivity contribution in [1.29, 1.82) is 0 Å². The smallest absolute Gasteiger partial charge is 0.470 e. The molecule has 0 atom stereocenters. The van der Waals surface area contributed by atoms with Crippen molar-refractivity contribution in [2.24, 2.45) is 0 Å². The van der Waals surface area contributed by atoms with Crippen molar-refractivity contribution in [2.45, 2.75) is 25.7 Å². The molecule has 1 aliphatic heterocycles. The van der Waals surface area contributed by atoms with E-state index in [9.17, 15) is 0 Å². The van der Waals surface area contributed by atoms with Crippen molar-refractivity contribution < 1.29 is 18.9 Å². The molecule has 2 heteroatoms. The first kappa shape index (κ1) is 8.56. The third-order valence-electron chi connectivity index (χ3n) is 1.31. The van der Waals surface area contributed by atoms with Crippen LogP contribution in [0, 0.1) is 6.54 Å². The summed E-state index contributed by atoms with van der Waals surface area (Å²) in [5, 5.41) is 3.22. The Balaban J connectivity index is 0.000000490. The summed E-state index contributed by atoms with van der Waals surface area (Å²) in [7, 11) is 0. The van der Waals surface area contributed by atoms with E-state index in [1.54, 1.807) is 0 Å². The van der Waals surface area contributed by atoms with E-state index in [4.69, 9.17) is 0 Å². The number of hydrogen-bond acceptors (Lipinski definition) is 1. The van der Waals surface area contributed by atoms with Gasteiger partial charge in [-0.3, -0.25) is 6.54 Å². The van der Waals surface area contributed by atoms with Crippen LogP contribution in [0.2, 0.25) is 0 Å². The molecular formula is C6H12LiN. The van der Waals surface area contributed by atoms with Crippen LogP contribution >= 0.6 is 0 Å². The van der Waals surface area contributed by atoms with Crippen molar-refractivity contribution in [3.63, 3.8) is 0 Å². The predicted octanol–water partition coefficient (Wildman–Crippen LogP) is -1.68. The van der Waals surface area contributed by atoms with Gasteiger partial charge in [0.25, 0.3) is 0 Å². The molecule has 1 nitrogen and oxygen atoms in total. The summed E-state index contributed by atoms with van der Waals surface area (Å²) in [6.45, 7) is 3.37. The Labute approximate surface area is 63.4 Å². The Morgan fingerprint density at radius 1 is 1.12 bits per heavy atom. The van der Waals surface area contributed by atoms with Crippen LogP contribution in [0.15, 0.2) is 0 Å². The second kappa shape index (κ2) is 5.69. The van der Waals surface area contributed by atoms with E-state index in [2.05, 4.69) is 11.9 Å². The van der Waals surface area contributed by atoms with Gasteiger partial charge in [-0.15, -0.1) is 0 Å². The molecule has 0 saturated carbocycles. The van der Waals surface area contributed by atoms with Gasteiger partial charge < -0.3 is 5.32 Å². The average molecular weight is 105 g/mol. The summed E-state index contributed by atoms with van der Waals surface area (Å²) >= 11 is 0. The van der Waals surface area contributed by atoms with Crippen LogP contribution < -0.4 is 24.2 Å². The summed E-state index contributed by atoms with van der Waals surface area (Å²) in [5.74, 6) is 0. The quantitative estimate of drug-likeness (QED) is 0.286. The molecule has 1 saturated heterocycles. The van der Waals surface area contributed by atoms with Gasteiger partial charge in [0, 0.05) is 0 Å². The number of hydrogen-bond donors (Lipinski definition) is 1. The summed E-state index contributed by atoms with van der Waals surface area (Å²) < 4.78 is 0. The molecule has 1 rings (SSSR count). The summed E-state index contributed by atoms with van der Waals surface area (Å²) in [5.41, 5.74) is 0. The number of rotatable bonds is 0. The van der Waals surface area contributed by atoms with Gasteiger partial charge in [-0.1, -0.05) is 12.8 Å². The van der Waals surface area contributed by atoms with Crippen LogP contribution in [-0.2, 0) is 0 Å². The van der Waals surface area contributed by atoms with Gasteiger partial charge in [0.1, 0.15) is 0 Å². The fourth-order valence-corrected chi connectivity index (χ4v) is 0.854. The van der Waals surface area contributed by atoms with Crippen molar-refractivity contribution >= 4 is 0 Å². The van der Waals surface area contributed by atoms with Crippen LogP contribution in [0.4, 0.5) is 0 Å². The molecular weight excluding hydrogens is 93.0 g/mol. The third kappa shape index (κ3) is 3.55. The fraction of sp³-hybridized carbons (Fsp3) is 0.833. The Kier molecular flexibility index (Phi) is 6.09. The summed E-state index contributed by atoms with van der Waals surface area (Å²) in [6.07, 6.45) is 5.41. The summed E-state index contributed by atoms with van der Waals surface area (Å²) in [4.78, 5) is 0. The normalized spacial score (nSPS) is 21.0. The minimum Gasteiger partial charge on any atom is -0.470 e. The maximum absolute atomic E-state index is 3.22. The van der Waals surface area contributed by atoms with Crippen LogP contribution in [-0.4, -0.2) is 6.54 Å². The van der Waals surface area contributed by atoms with Crippen LogP contribution in [0.5, 0.6) is 0 Å². The maximum atomic E-state index is 3.22. The zero-order valence-corrected chi connectivity index (χ0v) is 5.61. The second-order valence-corrected chi connectivity index (χ2v) is 2.01. The molecule has 0 aromatic heterocycles. The van der Waals surface area contributed by atoms with E-state index < -0.39 is 0 Å². The third-order valence-corrected chi connectivity index (χ3v) is 1.31. The first-order chi connectivity index (χ1) is 3.50. The SMILES string of the molecule is [CH-]1CCCCCN1.[Li+]. The minimum absolute atomic E-state index is 0. The Morgan fingerprint density at radius 2 is 2.00 bits per heavy atom. The van der Waals surface area contributed by atoms with Crippen LogP contribution in [0.3, 0.4) is 0 Å². The predicted molar refractivity (Wildman–Crippen MR) is 30.8 cm³/mol. The maximum Gasteiger partial charge on any atom is 1.00 e. The second-order valence-electron chi connectivity index (χ2n) is 2.01. The van der Waals surface area contributed by atoms with Crippen molar-refractivity contribution in [3.05, 3.63) is 6.54 Å². The first-order valence-corrected chi connectivity index (χ1v) is 3.05. The van der Waals surface area contributed by atoms with E-state index in [1.165, 1.54) is 32.2 Å². The first-order valence-electron chi connectivity index (χ1n) is 3.05. The van der Waals surface area contributed by atoms with Gasteiger partial charge in [-0.05, 0) is 13.0 Å². The zero-order chi connectivity index (χ0) is 4.95. The molecule has 8 heavy (non-hydrogen) atoms. The minimum atomic E-state index is 0. The van der Waals surface area contributed by atoms with Crippen molar-refractivity contribution in [3.8, 4) is 0 Å². The molecule has 0 unspecified atom stereocenters. The van der Waals surface area contributed by atoms with E-state index in [0.717, 1.165) is 0 Å². The average Bonchev–Trinajstić information content (AvgIpc) is 1.90. The van der Waals surface area contributed by atoms with Crippen LogP contribution in [0.25, 0.3) is 0 Å².